The maximum Gasteiger partial charge on any atom is 0.317 e. The highest BCUT2D eigenvalue weighted by molar-refractivity contribution is 5.74. The summed E-state index contributed by atoms with van der Waals surface area (Å²) in [5, 5.41) is 3.14. The van der Waals surface area contributed by atoms with Crippen LogP contribution < -0.4 is 20.5 Å². The molecule has 0 aliphatic heterocycles. The third-order valence-electron chi connectivity index (χ3n) is 5.21. The van der Waals surface area contributed by atoms with Crippen LogP contribution in [0.25, 0.3) is 0 Å². The zero-order chi connectivity index (χ0) is 20.5. The molecule has 3 rings (SSSR count). The Morgan fingerprint density at radius 3 is 2.55 bits per heavy atom. The Labute approximate surface area is 173 Å². The van der Waals surface area contributed by atoms with E-state index in [2.05, 4.69) is 5.32 Å². The first-order valence-corrected chi connectivity index (χ1v) is 10.3. The van der Waals surface area contributed by atoms with E-state index in [1.54, 1.807) is 12.0 Å². The molecule has 29 heavy (non-hydrogen) atoms. The summed E-state index contributed by atoms with van der Waals surface area (Å²) in [4.78, 5) is 14.4. The van der Waals surface area contributed by atoms with Crippen molar-refractivity contribution >= 4 is 6.03 Å². The summed E-state index contributed by atoms with van der Waals surface area (Å²) in [6.07, 6.45) is 4.49. The van der Waals surface area contributed by atoms with Gasteiger partial charge in [0.2, 0.25) is 0 Å². The summed E-state index contributed by atoms with van der Waals surface area (Å²) >= 11 is 0. The molecule has 0 radical (unpaired) electrons. The summed E-state index contributed by atoms with van der Waals surface area (Å²) < 4.78 is 11.4. The number of nitrogens with zero attached hydrogens (tertiary/aromatic N) is 1. The van der Waals surface area contributed by atoms with Crippen LogP contribution in [-0.2, 0) is 13.2 Å². The van der Waals surface area contributed by atoms with Crippen molar-refractivity contribution in [3.63, 3.8) is 0 Å². The van der Waals surface area contributed by atoms with E-state index in [-0.39, 0.29) is 12.1 Å². The van der Waals surface area contributed by atoms with Crippen molar-refractivity contribution in [2.24, 2.45) is 5.73 Å². The first kappa shape index (κ1) is 21.0. The number of nitrogens with one attached hydrogen (secondary N) is 1. The van der Waals surface area contributed by atoms with Gasteiger partial charge in [-0.25, -0.2) is 4.79 Å². The molecule has 1 aliphatic rings. The number of ether oxygens (including phenoxy) is 2. The molecule has 0 unspecified atom stereocenters. The van der Waals surface area contributed by atoms with E-state index in [1.165, 1.54) is 12.8 Å². The second kappa shape index (κ2) is 10.7. The molecule has 1 fully saturated rings. The number of rotatable bonds is 9. The normalized spacial score (nSPS) is 13.9. The highest BCUT2D eigenvalue weighted by Crippen LogP contribution is 2.29. The quantitative estimate of drug-likeness (QED) is 0.677. The topological polar surface area (TPSA) is 76.8 Å². The minimum atomic E-state index is -0.0503. The maximum absolute atomic E-state index is 12.7. The smallest absolute Gasteiger partial charge is 0.317 e. The van der Waals surface area contributed by atoms with Crippen LogP contribution in [0, 0.1) is 0 Å². The zero-order valence-electron chi connectivity index (χ0n) is 17.1. The second-order valence-electron chi connectivity index (χ2n) is 7.40. The zero-order valence-corrected chi connectivity index (χ0v) is 17.1. The van der Waals surface area contributed by atoms with Crippen LogP contribution in [-0.4, -0.2) is 37.2 Å². The van der Waals surface area contributed by atoms with Gasteiger partial charge in [0, 0.05) is 25.7 Å². The Balaban J connectivity index is 1.64. The molecule has 3 N–H and O–H groups in total. The van der Waals surface area contributed by atoms with Crippen molar-refractivity contribution in [2.75, 3.05) is 20.2 Å². The molecule has 1 saturated carbocycles. The summed E-state index contributed by atoms with van der Waals surface area (Å²) in [6.45, 7) is 1.88. The molecule has 0 atom stereocenters. The monoisotopic (exact) mass is 397 g/mol. The molecule has 6 heteroatoms. The van der Waals surface area contributed by atoms with Gasteiger partial charge in [-0.05, 0) is 36.1 Å². The fourth-order valence-electron chi connectivity index (χ4n) is 3.63. The average Bonchev–Trinajstić information content (AvgIpc) is 3.26. The van der Waals surface area contributed by atoms with Gasteiger partial charge in [-0.15, -0.1) is 0 Å². The molecule has 2 aromatic rings. The molecule has 156 valence electrons. The summed E-state index contributed by atoms with van der Waals surface area (Å²) in [5.41, 5.74) is 7.81. The molecular weight excluding hydrogens is 366 g/mol. The Kier molecular flexibility index (Phi) is 7.76. The number of nitrogens with two attached hydrogens (primary N) is 1. The number of hydrogen-bond acceptors (Lipinski definition) is 4. The predicted molar refractivity (Wildman–Crippen MR) is 114 cm³/mol. The Morgan fingerprint density at radius 1 is 1.10 bits per heavy atom. The van der Waals surface area contributed by atoms with Crippen LogP contribution in [0.2, 0.25) is 0 Å². The number of amides is 2. The van der Waals surface area contributed by atoms with Crippen molar-refractivity contribution in [2.45, 2.75) is 44.9 Å². The van der Waals surface area contributed by atoms with Crippen LogP contribution in [0.15, 0.2) is 48.5 Å². The first-order valence-electron chi connectivity index (χ1n) is 10.3. The van der Waals surface area contributed by atoms with Crippen LogP contribution in [0.1, 0.15) is 36.8 Å². The second-order valence-corrected chi connectivity index (χ2v) is 7.40. The fourth-order valence-corrected chi connectivity index (χ4v) is 3.63. The minimum Gasteiger partial charge on any atom is -0.493 e. The molecule has 1 aliphatic carbocycles. The highest BCUT2D eigenvalue weighted by atomic mass is 16.5. The van der Waals surface area contributed by atoms with E-state index in [0.717, 1.165) is 24.0 Å². The van der Waals surface area contributed by atoms with Crippen molar-refractivity contribution in [3.8, 4) is 11.5 Å². The third-order valence-corrected chi connectivity index (χ3v) is 5.21. The molecule has 0 heterocycles. The van der Waals surface area contributed by atoms with Gasteiger partial charge in [0.25, 0.3) is 0 Å². The molecule has 2 amide bonds. The van der Waals surface area contributed by atoms with Crippen LogP contribution >= 0.6 is 0 Å². The third kappa shape index (κ3) is 6.12. The Bertz CT molecular complexity index is 776. The van der Waals surface area contributed by atoms with E-state index in [4.69, 9.17) is 15.2 Å². The van der Waals surface area contributed by atoms with Gasteiger partial charge in [0.1, 0.15) is 6.61 Å². The number of methoxy groups -OCH3 is 1. The Hall–Kier alpha value is -2.73. The van der Waals surface area contributed by atoms with Gasteiger partial charge in [0.15, 0.2) is 11.5 Å². The summed E-state index contributed by atoms with van der Waals surface area (Å²) in [5.74, 6) is 1.34. The van der Waals surface area contributed by atoms with Crippen molar-refractivity contribution in [3.05, 3.63) is 59.7 Å². The number of carbonyl (C=O) groups is 1. The van der Waals surface area contributed by atoms with Crippen molar-refractivity contribution < 1.29 is 14.3 Å². The summed E-state index contributed by atoms with van der Waals surface area (Å²) in [6, 6.07) is 16.0. The van der Waals surface area contributed by atoms with Crippen LogP contribution in [0.5, 0.6) is 11.5 Å². The lowest BCUT2D eigenvalue weighted by Crippen LogP contribution is -2.45. The predicted octanol–water partition coefficient (Wildman–Crippen LogP) is 3.69. The van der Waals surface area contributed by atoms with Crippen molar-refractivity contribution in [1.82, 2.24) is 10.2 Å². The van der Waals surface area contributed by atoms with E-state index < -0.39 is 0 Å². The van der Waals surface area contributed by atoms with Gasteiger partial charge >= 0.3 is 6.03 Å². The van der Waals surface area contributed by atoms with E-state index in [1.807, 2.05) is 48.5 Å². The highest BCUT2D eigenvalue weighted by Gasteiger charge is 2.21. The molecular formula is C23H31N3O3. The van der Waals surface area contributed by atoms with Crippen molar-refractivity contribution in [1.29, 1.82) is 0 Å². The molecule has 0 saturated heterocycles. The van der Waals surface area contributed by atoms with Gasteiger partial charge in [-0.1, -0.05) is 49.2 Å². The lowest BCUT2D eigenvalue weighted by molar-refractivity contribution is 0.192. The fraction of sp³-hybridized carbons (Fsp3) is 0.435. The number of benzene rings is 2. The number of urea groups is 1. The van der Waals surface area contributed by atoms with Crippen LogP contribution in [0.4, 0.5) is 4.79 Å². The summed E-state index contributed by atoms with van der Waals surface area (Å²) in [7, 11) is 1.62. The lowest BCUT2D eigenvalue weighted by Gasteiger charge is -2.25. The van der Waals surface area contributed by atoms with Gasteiger partial charge in [-0.3, -0.25) is 0 Å². The molecule has 2 aromatic carbocycles. The van der Waals surface area contributed by atoms with Gasteiger partial charge in [-0.2, -0.15) is 0 Å². The standard InChI is InChI=1S/C23H31N3O3/c1-28-22-15-19(11-12-21(22)29-17-18-7-3-2-4-8-18)16-26(14-13-24)23(27)25-20-9-5-6-10-20/h2-4,7-8,11-12,15,20H,5-6,9-10,13-14,16-17,24H2,1H3,(H,25,27). The maximum atomic E-state index is 12.7. The Morgan fingerprint density at radius 2 is 1.86 bits per heavy atom. The molecule has 6 nitrogen and oxygen atoms in total. The molecule has 0 aromatic heterocycles. The van der Waals surface area contributed by atoms with Gasteiger partial charge in [0.05, 0.1) is 7.11 Å². The van der Waals surface area contributed by atoms with E-state index in [0.29, 0.717) is 37.7 Å². The van der Waals surface area contributed by atoms with Crippen LogP contribution in [0.3, 0.4) is 0 Å². The average molecular weight is 398 g/mol. The molecule has 0 spiro atoms. The van der Waals surface area contributed by atoms with E-state index >= 15 is 0 Å². The first-order chi connectivity index (χ1) is 14.2. The molecule has 0 bridgehead atoms. The van der Waals surface area contributed by atoms with E-state index in [9.17, 15) is 4.79 Å². The van der Waals surface area contributed by atoms with Gasteiger partial charge < -0.3 is 25.4 Å². The largest absolute Gasteiger partial charge is 0.493 e. The minimum absolute atomic E-state index is 0.0503. The number of carbonyl (C=O) groups excluding carboxylic acids is 1. The SMILES string of the molecule is COc1cc(CN(CCN)C(=O)NC2CCCC2)ccc1OCc1ccccc1. The number of hydrogen-bond donors (Lipinski definition) is 2. The lowest BCUT2D eigenvalue weighted by atomic mass is 10.2.